The molecule has 0 spiro atoms. The second-order valence-corrected chi connectivity index (χ2v) is 5.60. The fourth-order valence-corrected chi connectivity index (χ4v) is 2.44. The minimum absolute atomic E-state index is 0.236. The summed E-state index contributed by atoms with van der Waals surface area (Å²) >= 11 is 0. The van der Waals surface area contributed by atoms with Gasteiger partial charge in [-0.25, -0.2) is 4.79 Å². The van der Waals surface area contributed by atoms with Crippen LogP contribution in [-0.2, 0) is 17.8 Å². The lowest BCUT2D eigenvalue weighted by molar-refractivity contribution is 0.140. The van der Waals surface area contributed by atoms with Crippen molar-refractivity contribution in [3.8, 4) is 5.75 Å². The minimum Gasteiger partial charge on any atom is -0.489 e. The number of rotatable bonds is 5. The maximum Gasteiger partial charge on any atom is 0.438 e. The SMILES string of the molecule is CCc1cc(C)c(C)cc1OCc1ccccc1N(O)C(=O)OC. The molecule has 0 unspecified atom stereocenters. The van der Waals surface area contributed by atoms with Gasteiger partial charge in [-0.2, -0.15) is 5.06 Å². The number of benzene rings is 2. The van der Waals surface area contributed by atoms with Crippen molar-refractivity contribution in [2.24, 2.45) is 0 Å². The number of hydrogen-bond donors (Lipinski definition) is 1. The summed E-state index contributed by atoms with van der Waals surface area (Å²) in [5.41, 5.74) is 4.54. The molecule has 1 amide bonds. The average Bonchev–Trinajstić information content (AvgIpc) is 2.61. The van der Waals surface area contributed by atoms with Gasteiger partial charge in [0.1, 0.15) is 12.4 Å². The Hall–Kier alpha value is -2.53. The lowest BCUT2D eigenvalue weighted by Gasteiger charge is -2.18. The molecular weight excluding hydrogens is 306 g/mol. The second kappa shape index (κ2) is 7.84. The quantitative estimate of drug-likeness (QED) is 0.652. The molecule has 24 heavy (non-hydrogen) atoms. The molecule has 2 rings (SSSR count). The van der Waals surface area contributed by atoms with Crippen molar-refractivity contribution in [1.29, 1.82) is 0 Å². The van der Waals surface area contributed by atoms with Crippen LogP contribution in [0.4, 0.5) is 10.5 Å². The molecule has 0 bridgehead atoms. The maximum absolute atomic E-state index is 11.5. The maximum atomic E-state index is 11.5. The Morgan fingerprint density at radius 1 is 1.12 bits per heavy atom. The van der Waals surface area contributed by atoms with Gasteiger partial charge in [-0.3, -0.25) is 5.21 Å². The number of hydrogen-bond acceptors (Lipinski definition) is 4. The van der Waals surface area contributed by atoms with Crippen molar-refractivity contribution in [1.82, 2.24) is 0 Å². The van der Waals surface area contributed by atoms with E-state index in [2.05, 4.69) is 24.7 Å². The Morgan fingerprint density at radius 3 is 2.46 bits per heavy atom. The highest BCUT2D eigenvalue weighted by Crippen LogP contribution is 2.27. The van der Waals surface area contributed by atoms with E-state index in [0.29, 0.717) is 16.3 Å². The molecule has 128 valence electrons. The van der Waals surface area contributed by atoms with Crippen molar-refractivity contribution in [2.75, 3.05) is 12.2 Å². The molecule has 0 atom stereocenters. The van der Waals surface area contributed by atoms with Crippen LogP contribution in [0.25, 0.3) is 0 Å². The first-order valence-electron chi connectivity index (χ1n) is 7.85. The molecule has 5 heteroatoms. The van der Waals surface area contributed by atoms with Crippen LogP contribution in [0.15, 0.2) is 36.4 Å². The normalized spacial score (nSPS) is 10.4. The van der Waals surface area contributed by atoms with E-state index < -0.39 is 6.09 Å². The Balaban J connectivity index is 2.24. The summed E-state index contributed by atoms with van der Waals surface area (Å²) in [6, 6.07) is 11.1. The van der Waals surface area contributed by atoms with Crippen molar-refractivity contribution < 1.29 is 19.5 Å². The van der Waals surface area contributed by atoms with Crippen LogP contribution in [0.5, 0.6) is 5.75 Å². The van der Waals surface area contributed by atoms with Gasteiger partial charge in [-0.1, -0.05) is 31.2 Å². The van der Waals surface area contributed by atoms with Crippen LogP contribution in [-0.4, -0.2) is 18.4 Å². The Labute approximate surface area is 142 Å². The van der Waals surface area contributed by atoms with Gasteiger partial charge in [-0.15, -0.1) is 0 Å². The number of amides is 1. The number of carbonyl (C=O) groups excluding carboxylic acids is 1. The predicted octanol–water partition coefficient (Wildman–Crippen LogP) is 4.41. The molecule has 0 aliphatic rings. The number of hydroxylamine groups is 1. The van der Waals surface area contributed by atoms with Gasteiger partial charge in [0.15, 0.2) is 0 Å². The monoisotopic (exact) mass is 329 g/mol. The Bertz CT molecular complexity index is 727. The highest BCUT2D eigenvalue weighted by Gasteiger charge is 2.17. The van der Waals surface area contributed by atoms with Crippen molar-refractivity contribution in [3.63, 3.8) is 0 Å². The molecule has 0 fully saturated rings. The molecule has 0 heterocycles. The van der Waals surface area contributed by atoms with E-state index >= 15 is 0 Å². The summed E-state index contributed by atoms with van der Waals surface area (Å²) in [6.45, 7) is 6.44. The van der Waals surface area contributed by atoms with Crippen molar-refractivity contribution in [3.05, 3.63) is 58.7 Å². The van der Waals surface area contributed by atoms with Crippen LogP contribution in [0.1, 0.15) is 29.2 Å². The van der Waals surface area contributed by atoms with Gasteiger partial charge in [0.2, 0.25) is 0 Å². The third-order valence-electron chi connectivity index (χ3n) is 4.01. The van der Waals surface area contributed by atoms with E-state index in [0.717, 1.165) is 23.3 Å². The summed E-state index contributed by atoms with van der Waals surface area (Å²) in [7, 11) is 1.22. The standard InChI is InChI=1S/C19H23NO4/c1-5-15-10-13(2)14(3)11-18(15)24-12-16-8-6-7-9-17(16)20(22)19(21)23-4/h6-11,22H,5,12H2,1-4H3. The molecule has 0 aromatic heterocycles. The molecule has 0 saturated carbocycles. The van der Waals surface area contributed by atoms with E-state index in [1.54, 1.807) is 18.2 Å². The molecule has 1 N–H and O–H groups in total. The number of ether oxygens (including phenoxy) is 2. The number of nitrogens with zero attached hydrogens (tertiary/aromatic N) is 1. The van der Waals surface area contributed by atoms with Gasteiger partial charge in [0.25, 0.3) is 0 Å². The third-order valence-corrected chi connectivity index (χ3v) is 4.01. The number of methoxy groups -OCH3 is 1. The lowest BCUT2D eigenvalue weighted by atomic mass is 10.0. The van der Waals surface area contributed by atoms with E-state index in [9.17, 15) is 10.0 Å². The van der Waals surface area contributed by atoms with Crippen molar-refractivity contribution in [2.45, 2.75) is 33.8 Å². The number of anilines is 1. The smallest absolute Gasteiger partial charge is 0.438 e. The van der Waals surface area contributed by atoms with Crippen molar-refractivity contribution >= 4 is 11.8 Å². The third kappa shape index (κ3) is 3.86. The topological polar surface area (TPSA) is 59.0 Å². The van der Waals surface area contributed by atoms with Gasteiger partial charge >= 0.3 is 6.09 Å². The van der Waals surface area contributed by atoms with Crippen LogP contribution < -0.4 is 9.80 Å². The number of aryl methyl sites for hydroxylation is 3. The van der Waals surface area contributed by atoms with Gasteiger partial charge in [0, 0.05) is 5.56 Å². The lowest BCUT2D eigenvalue weighted by Crippen LogP contribution is -2.27. The second-order valence-electron chi connectivity index (χ2n) is 5.60. The van der Waals surface area contributed by atoms with Gasteiger partial charge < -0.3 is 9.47 Å². The summed E-state index contributed by atoms with van der Waals surface area (Å²) in [6.07, 6.45) is 0.0229. The minimum atomic E-state index is -0.845. The summed E-state index contributed by atoms with van der Waals surface area (Å²) in [5.74, 6) is 0.818. The zero-order chi connectivity index (χ0) is 17.7. The Kier molecular flexibility index (Phi) is 5.82. The van der Waals surface area contributed by atoms with E-state index in [1.165, 1.54) is 12.7 Å². The van der Waals surface area contributed by atoms with Gasteiger partial charge in [0.05, 0.1) is 12.8 Å². The fourth-order valence-electron chi connectivity index (χ4n) is 2.44. The summed E-state index contributed by atoms with van der Waals surface area (Å²) < 4.78 is 10.5. The first-order chi connectivity index (χ1) is 11.5. The van der Waals surface area contributed by atoms with Crippen LogP contribution in [0.3, 0.4) is 0 Å². The molecule has 2 aromatic carbocycles. The van der Waals surface area contributed by atoms with Crippen LogP contribution >= 0.6 is 0 Å². The van der Waals surface area contributed by atoms with Crippen LogP contribution in [0.2, 0.25) is 0 Å². The Morgan fingerprint density at radius 2 is 1.79 bits per heavy atom. The molecule has 2 aromatic rings. The summed E-state index contributed by atoms with van der Waals surface area (Å²) in [5, 5.41) is 10.4. The number of para-hydroxylation sites is 1. The fraction of sp³-hybridized carbons (Fsp3) is 0.316. The largest absolute Gasteiger partial charge is 0.489 e. The van der Waals surface area contributed by atoms with Crippen LogP contribution in [0, 0.1) is 13.8 Å². The van der Waals surface area contributed by atoms with E-state index in [4.69, 9.17) is 4.74 Å². The predicted molar refractivity (Wildman–Crippen MR) is 92.7 cm³/mol. The highest BCUT2D eigenvalue weighted by molar-refractivity contribution is 5.85. The molecule has 0 aliphatic carbocycles. The first kappa shape index (κ1) is 17.8. The molecule has 0 aliphatic heterocycles. The number of carbonyl (C=O) groups is 1. The molecule has 0 saturated heterocycles. The zero-order valence-corrected chi connectivity index (χ0v) is 14.5. The average molecular weight is 329 g/mol. The van der Waals surface area contributed by atoms with Gasteiger partial charge in [-0.05, 0) is 49.1 Å². The first-order valence-corrected chi connectivity index (χ1v) is 7.85. The molecule has 0 radical (unpaired) electrons. The molecule has 5 nitrogen and oxygen atoms in total. The highest BCUT2D eigenvalue weighted by atomic mass is 16.6. The van der Waals surface area contributed by atoms with E-state index in [1.807, 2.05) is 19.1 Å². The zero-order valence-electron chi connectivity index (χ0n) is 14.5. The summed E-state index contributed by atoms with van der Waals surface area (Å²) in [4.78, 5) is 11.5. The van der Waals surface area contributed by atoms with E-state index in [-0.39, 0.29) is 6.61 Å². The molecular formula is C19H23NO4.